The third kappa shape index (κ3) is 1.64. The number of aliphatic carboxylic acids is 1. The molecule has 3 nitrogen and oxygen atoms in total. The number of carbonyl (C=O) groups is 1. The molecule has 0 saturated heterocycles. The van der Waals surface area contributed by atoms with Crippen LogP contribution >= 0.6 is 15.9 Å². The topological polar surface area (TPSA) is 57.5 Å². The lowest BCUT2D eigenvalue weighted by Gasteiger charge is -2.38. The molecule has 2 N–H and O–H groups in total. The highest BCUT2D eigenvalue weighted by Gasteiger charge is 2.48. The van der Waals surface area contributed by atoms with Crippen LogP contribution in [0.15, 0.2) is 10.5 Å². The summed E-state index contributed by atoms with van der Waals surface area (Å²) in [6, 6.07) is 1.51. The molecule has 5 heteroatoms. The van der Waals surface area contributed by atoms with Crippen molar-refractivity contribution in [1.29, 1.82) is 0 Å². The van der Waals surface area contributed by atoms with Gasteiger partial charge in [0.05, 0.1) is 9.89 Å². The Morgan fingerprint density at radius 1 is 1.53 bits per heavy atom. The number of aromatic hydroxyl groups is 1. The maximum Gasteiger partial charge on any atom is 0.314 e. The van der Waals surface area contributed by atoms with E-state index < -0.39 is 23.0 Å². The molecular weight excluding hydrogens is 291 g/mol. The zero-order valence-electron chi connectivity index (χ0n) is 9.26. The van der Waals surface area contributed by atoms with Crippen LogP contribution in [-0.2, 0) is 10.2 Å². The van der Waals surface area contributed by atoms with Crippen molar-refractivity contribution in [1.82, 2.24) is 0 Å². The van der Waals surface area contributed by atoms with Crippen LogP contribution in [0.4, 0.5) is 4.39 Å². The van der Waals surface area contributed by atoms with Gasteiger partial charge in [-0.05, 0) is 41.3 Å². The number of carboxylic acid groups (broad SMARTS) is 1. The smallest absolute Gasteiger partial charge is 0.314 e. The molecule has 1 aliphatic rings. The average Bonchev–Trinajstić information content (AvgIpc) is 2.20. The molecule has 1 aromatic rings. The van der Waals surface area contributed by atoms with Crippen molar-refractivity contribution in [3.63, 3.8) is 0 Å². The minimum Gasteiger partial charge on any atom is -0.504 e. The normalized spacial score (nSPS) is 17.6. The van der Waals surface area contributed by atoms with Crippen molar-refractivity contribution in [2.45, 2.75) is 31.6 Å². The van der Waals surface area contributed by atoms with Crippen molar-refractivity contribution >= 4 is 21.9 Å². The minimum atomic E-state index is -1.16. The molecule has 92 valence electrons. The monoisotopic (exact) mass is 302 g/mol. The van der Waals surface area contributed by atoms with E-state index in [1.54, 1.807) is 6.92 Å². The molecule has 0 amide bonds. The van der Waals surface area contributed by atoms with Crippen molar-refractivity contribution in [2.75, 3.05) is 0 Å². The number of carboxylic acids is 1. The lowest BCUT2D eigenvalue weighted by molar-refractivity contribution is -0.147. The third-order valence-corrected chi connectivity index (χ3v) is 4.49. The van der Waals surface area contributed by atoms with Crippen LogP contribution in [0.2, 0.25) is 0 Å². The van der Waals surface area contributed by atoms with E-state index in [1.807, 2.05) is 0 Å². The second kappa shape index (κ2) is 3.98. The van der Waals surface area contributed by atoms with Crippen LogP contribution < -0.4 is 0 Å². The number of hydrogen-bond donors (Lipinski definition) is 2. The predicted molar refractivity (Wildman–Crippen MR) is 63.7 cm³/mol. The van der Waals surface area contributed by atoms with E-state index in [0.29, 0.717) is 18.4 Å². The fraction of sp³-hybridized carbons (Fsp3) is 0.417. The van der Waals surface area contributed by atoms with Crippen molar-refractivity contribution in [3.05, 3.63) is 27.5 Å². The van der Waals surface area contributed by atoms with Gasteiger partial charge in [0.15, 0.2) is 11.6 Å². The highest BCUT2D eigenvalue weighted by molar-refractivity contribution is 9.10. The molecule has 1 aromatic carbocycles. The van der Waals surface area contributed by atoms with Gasteiger partial charge < -0.3 is 10.2 Å². The number of rotatable bonds is 2. The van der Waals surface area contributed by atoms with Gasteiger partial charge in [-0.2, -0.15) is 0 Å². The summed E-state index contributed by atoms with van der Waals surface area (Å²) in [6.45, 7) is 1.70. The molecule has 2 rings (SSSR count). The summed E-state index contributed by atoms with van der Waals surface area (Å²) in [5.74, 6) is -2.36. The Hall–Kier alpha value is -1.10. The van der Waals surface area contributed by atoms with Crippen molar-refractivity contribution in [2.24, 2.45) is 0 Å². The van der Waals surface area contributed by atoms with Gasteiger partial charge in [0.25, 0.3) is 0 Å². The van der Waals surface area contributed by atoms with E-state index in [9.17, 15) is 19.4 Å². The molecule has 0 bridgehead atoms. The van der Waals surface area contributed by atoms with Gasteiger partial charge >= 0.3 is 5.97 Å². The second-order valence-electron chi connectivity index (χ2n) is 4.46. The summed E-state index contributed by atoms with van der Waals surface area (Å²) in [7, 11) is 0. The fourth-order valence-electron chi connectivity index (χ4n) is 2.23. The van der Waals surface area contributed by atoms with Gasteiger partial charge in [-0.1, -0.05) is 12.5 Å². The largest absolute Gasteiger partial charge is 0.504 e. The summed E-state index contributed by atoms with van der Waals surface area (Å²) >= 11 is 3.07. The first kappa shape index (κ1) is 12.4. The molecule has 1 fully saturated rings. The third-order valence-electron chi connectivity index (χ3n) is 3.49. The maximum absolute atomic E-state index is 14.0. The molecule has 0 unspecified atom stereocenters. The Kier molecular flexibility index (Phi) is 2.89. The quantitative estimate of drug-likeness (QED) is 0.882. The highest BCUT2D eigenvalue weighted by atomic mass is 79.9. The van der Waals surface area contributed by atoms with Gasteiger partial charge in [-0.3, -0.25) is 4.79 Å². The van der Waals surface area contributed by atoms with E-state index in [4.69, 9.17) is 0 Å². The SMILES string of the molecule is Cc1cc(C2(C(=O)O)CCC2)c(F)c(O)c1Br. The van der Waals surface area contributed by atoms with Crippen molar-refractivity contribution in [3.8, 4) is 5.75 Å². The summed E-state index contributed by atoms with van der Waals surface area (Å²) in [6.07, 6.45) is 1.60. The molecule has 0 heterocycles. The molecule has 1 aliphatic carbocycles. The van der Waals surface area contributed by atoms with Crippen LogP contribution in [0.25, 0.3) is 0 Å². The van der Waals surface area contributed by atoms with Crippen LogP contribution in [0.3, 0.4) is 0 Å². The van der Waals surface area contributed by atoms with Crippen LogP contribution in [0.1, 0.15) is 30.4 Å². The molecular formula is C12H12BrFO3. The van der Waals surface area contributed by atoms with Crippen molar-refractivity contribution < 1.29 is 19.4 Å². The number of phenols is 1. The maximum atomic E-state index is 14.0. The first-order valence-corrected chi connectivity index (χ1v) is 6.11. The molecule has 0 atom stereocenters. The summed E-state index contributed by atoms with van der Waals surface area (Å²) in [4.78, 5) is 11.3. The first-order valence-electron chi connectivity index (χ1n) is 5.31. The second-order valence-corrected chi connectivity index (χ2v) is 5.25. The Bertz CT molecular complexity index is 495. The lowest BCUT2D eigenvalue weighted by atomic mass is 9.64. The molecule has 0 radical (unpaired) electrons. The number of phenolic OH excluding ortho intramolecular Hbond substituents is 1. The minimum absolute atomic E-state index is 0.0921. The standard InChI is InChI=1S/C12H12BrFO3/c1-6-5-7(9(14)10(15)8(6)13)12(11(16)17)3-2-4-12/h5,15H,2-4H2,1H3,(H,16,17). The Balaban J connectivity index is 2.64. The number of halogens is 2. The van der Waals surface area contributed by atoms with Gasteiger partial charge in [0, 0.05) is 5.56 Å². The Morgan fingerprint density at radius 3 is 2.53 bits per heavy atom. The van der Waals surface area contributed by atoms with E-state index in [0.717, 1.165) is 6.42 Å². The molecule has 17 heavy (non-hydrogen) atoms. The highest BCUT2D eigenvalue weighted by Crippen LogP contribution is 2.47. The molecule has 0 spiro atoms. The lowest BCUT2D eigenvalue weighted by Crippen LogP contribution is -2.43. The van der Waals surface area contributed by atoms with Gasteiger partial charge in [0.2, 0.25) is 0 Å². The van der Waals surface area contributed by atoms with Crippen LogP contribution in [0.5, 0.6) is 5.75 Å². The van der Waals surface area contributed by atoms with Gasteiger partial charge in [0.1, 0.15) is 0 Å². The number of aryl methyl sites for hydroxylation is 1. The van der Waals surface area contributed by atoms with E-state index in [2.05, 4.69) is 15.9 Å². The Labute approximate surface area is 106 Å². The fourth-order valence-corrected chi connectivity index (χ4v) is 2.52. The molecule has 0 aliphatic heterocycles. The molecule has 1 saturated carbocycles. The van der Waals surface area contributed by atoms with Crippen LogP contribution in [-0.4, -0.2) is 16.2 Å². The first-order chi connectivity index (χ1) is 7.90. The van der Waals surface area contributed by atoms with E-state index >= 15 is 0 Å². The summed E-state index contributed by atoms with van der Waals surface area (Å²) in [5, 5.41) is 18.9. The summed E-state index contributed by atoms with van der Waals surface area (Å²) in [5.41, 5.74) is -0.437. The van der Waals surface area contributed by atoms with E-state index in [1.165, 1.54) is 6.07 Å². The summed E-state index contributed by atoms with van der Waals surface area (Å²) < 4.78 is 14.3. The number of benzene rings is 1. The average molecular weight is 303 g/mol. The number of hydrogen-bond acceptors (Lipinski definition) is 2. The molecule has 0 aromatic heterocycles. The predicted octanol–water partition coefficient (Wildman–Crippen LogP) is 3.11. The Morgan fingerprint density at radius 2 is 2.12 bits per heavy atom. The zero-order chi connectivity index (χ0) is 12.8. The van der Waals surface area contributed by atoms with E-state index in [-0.39, 0.29) is 10.0 Å². The zero-order valence-corrected chi connectivity index (χ0v) is 10.8. The van der Waals surface area contributed by atoms with Crippen LogP contribution in [0, 0.1) is 12.7 Å². The van der Waals surface area contributed by atoms with Gasteiger partial charge in [-0.25, -0.2) is 4.39 Å². The van der Waals surface area contributed by atoms with Gasteiger partial charge in [-0.15, -0.1) is 0 Å².